The zero-order valence-electron chi connectivity index (χ0n) is 15.5. The van der Waals surface area contributed by atoms with Crippen LogP contribution in [0.5, 0.6) is 5.75 Å². The lowest BCUT2D eigenvalue weighted by Crippen LogP contribution is -2.35. The van der Waals surface area contributed by atoms with Crippen molar-refractivity contribution in [3.63, 3.8) is 0 Å². The van der Waals surface area contributed by atoms with Crippen LogP contribution in [0.3, 0.4) is 0 Å². The molecule has 0 radical (unpaired) electrons. The molecular weight excluding hydrogens is 326 g/mol. The molecule has 0 bridgehead atoms. The molecule has 4 heteroatoms. The van der Waals surface area contributed by atoms with E-state index in [0.717, 1.165) is 29.7 Å². The third-order valence-corrected chi connectivity index (χ3v) is 4.94. The fraction of sp³-hybridized carbons (Fsp3) is 0.409. The van der Waals surface area contributed by atoms with E-state index in [2.05, 4.69) is 11.4 Å². The van der Waals surface area contributed by atoms with Crippen LogP contribution >= 0.6 is 0 Å². The maximum atomic E-state index is 12.4. The molecule has 2 aromatic carbocycles. The van der Waals surface area contributed by atoms with E-state index < -0.39 is 6.10 Å². The average molecular weight is 353 g/mol. The van der Waals surface area contributed by atoms with Crippen molar-refractivity contribution in [1.29, 1.82) is 0 Å². The monoisotopic (exact) mass is 353 g/mol. The maximum Gasteiger partial charge on any atom is 0.251 e. The fourth-order valence-electron chi connectivity index (χ4n) is 3.45. The number of ether oxygens (including phenoxy) is 1. The van der Waals surface area contributed by atoms with Gasteiger partial charge in [-0.05, 0) is 73.9 Å². The lowest BCUT2D eigenvalue weighted by molar-refractivity contribution is 0.0841. The third kappa shape index (κ3) is 4.44. The third-order valence-electron chi connectivity index (χ3n) is 4.94. The molecule has 2 N–H and O–H groups in total. The number of amides is 1. The Morgan fingerprint density at radius 2 is 1.81 bits per heavy atom. The molecule has 26 heavy (non-hydrogen) atoms. The molecular formula is C22H27NO3. The summed E-state index contributed by atoms with van der Waals surface area (Å²) in [6.45, 7) is 4.27. The predicted molar refractivity (Wildman–Crippen MR) is 103 cm³/mol. The Balaban J connectivity index is 1.51. The second kappa shape index (κ2) is 8.37. The molecule has 0 aliphatic heterocycles. The van der Waals surface area contributed by atoms with Crippen LogP contribution in [0.25, 0.3) is 0 Å². The van der Waals surface area contributed by atoms with Gasteiger partial charge < -0.3 is 15.2 Å². The number of aryl methyl sites for hydroxylation is 4. The van der Waals surface area contributed by atoms with Gasteiger partial charge in [-0.3, -0.25) is 4.79 Å². The summed E-state index contributed by atoms with van der Waals surface area (Å²) in [7, 11) is 0. The highest BCUT2D eigenvalue weighted by molar-refractivity contribution is 5.94. The second-order valence-electron chi connectivity index (χ2n) is 7.09. The van der Waals surface area contributed by atoms with Crippen LogP contribution in [-0.4, -0.2) is 30.3 Å². The first-order chi connectivity index (χ1) is 12.5. The van der Waals surface area contributed by atoms with Gasteiger partial charge in [0.15, 0.2) is 0 Å². The highest BCUT2D eigenvalue weighted by atomic mass is 16.5. The normalized spacial score (nSPS) is 14.4. The zero-order valence-corrected chi connectivity index (χ0v) is 15.5. The van der Waals surface area contributed by atoms with Gasteiger partial charge >= 0.3 is 0 Å². The van der Waals surface area contributed by atoms with Crippen molar-refractivity contribution in [1.82, 2.24) is 5.32 Å². The van der Waals surface area contributed by atoms with Gasteiger partial charge in [-0.1, -0.05) is 24.3 Å². The molecule has 2 aromatic rings. The van der Waals surface area contributed by atoms with Gasteiger partial charge in [0, 0.05) is 12.1 Å². The van der Waals surface area contributed by atoms with Crippen LogP contribution in [0.4, 0.5) is 0 Å². The van der Waals surface area contributed by atoms with E-state index in [-0.39, 0.29) is 19.1 Å². The largest absolute Gasteiger partial charge is 0.490 e. The van der Waals surface area contributed by atoms with Crippen molar-refractivity contribution in [3.8, 4) is 5.75 Å². The quantitative estimate of drug-likeness (QED) is 0.837. The van der Waals surface area contributed by atoms with E-state index in [0.29, 0.717) is 5.56 Å². The molecule has 1 amide bonds. The number of para-hydroxylation sites is 1. The Morgan fingerprint density at radius 3 is 2.54 bits per heavy atom. The number of hydrogen-bond acceptors (Lipinski definition) is 3. The Kier molecular flexibility index (Phi) is 5.94. The lowest BCUT2D eigenvalue weighted by Gasteiger charge is -2.18. The van der Waals surface area contributed by atoms with Crippen LogP contribution in [0, 0.1) is 13.8 Å². The molecule has 0 spiro atoms. The molecule has 1 unspecified atom stereocenters. The van der Waals surface area contributed by atoms with Gasteiger partial charge in [0.1, 0.15) is 18.5 Å². The fourth-order valence-corrected chi connectivity index (χ4v) is 3.45. The predicted octanol–water partition coefficient (Wildman–Crippen LogP) is 3.35. The molecule has 4 nitrogen and oxygen atoms in total. The maximum absolute atomic E-state index is 12.4. The first-order valence-electron chi connectivity index (χ1n) is 9.31. The molecule has 1 aliphatic rings. The van der Waals surface area contributed by atoms with E-state index in [1.54, 1.807) is 0 Å². The molecule has 0 aromatic heterocycles. The summed E-state index contributed by atoms with van der Waals surface area (Å²) in [4.78, 5) is 12.4. The first-order valence-corrected chi connectivity index (χ1v) is 9.31. The number of nitrogens with one attached hydrogen (secondary N) is 1. The van der Waals surface area contributed by atoms with Crippen molar-refractivity contribution in [2.24, 2.45) is 0 Å². The minimum absolute atomic E-state index is 0.149. The number of carbonyl (C=O) groups is 1. The van der Waals surface area contributed by atoms with Gasteiger partial charge in [0.2, 0.25) is 0 Å². The van der Waals surface area contributed by atoms with Crippen LogP contribution in [-0.2, 0) is 12.8 Å². The van der Waals surface area contributed by atoms with Crippen molar-refractivity contribution in [2.45, 2.75) is 45.6 Å². The van der Waals surface area contributed by atoms with Crippen LogP contribution < -0.4 is 10.1 Å². The molecule has 1 atom stereocenters. The topological polar surface area (TPSA) is 58.6 Å². The summed E-state index contributed by atoms with van der Waals surface area (Å²) >= 11 is 0. The average Bonchev–Trinajstić information content (AvgIpc) is 2.65. The van der Waals surface area contributed by atoms with Gasteiger partial charge in [-0.25, -0.2) is 0 Å². The molecule has 0 heterocycles. The summed E-state index contributed by atoms with van der Waals surface area (Å²) in [6, 6.07) is 11.9. The lowest BCUT2D eigenvalue weighted by atomic mass is 9.90. The van der Waals surface area contributed by atoms with Gasteiger partial charge in [0.25, 0.3) is 5.91 Å². The Bertz CT molecular complexity index is 765. The van der Waals surface area contributed by atoms with Crippen LogP contribution in [0.15, 0.2) is 36.4 Å². The zero-order chi connectivity index (χ0) is 18.5. The highest BCUT2D eigenvalue weighted by Crippen LogP contribution is 2.23. The number of fused-ring (bicyclic) bond motifs is 1. The number of aliphatic hydroxyl groups is 1. The first kappa shape index (κ1) is 18.5. The molecule has 0 saturated heterocycles. The smallest absolute Gasteiger partial charge is 0.251 e. The minimum atomic E-state index is -0.754. The molecule has 0 fully saturated rings. The van der Waals surface area contributed by atoms with E-state index in [9.17, 15) is 9.90 Å². The van der Waals surface area contributed by atoms with E-state index in [1.165, 1.54) is 24.0 Å². The molecule has 1 aliphatic carbocycles. The summed E-state index contributed by atoms with van der Waals surface area (Å²) < 4.78 is 5.74. The Morgan fingerprint density at radius 1 is 1.12 bits per heavy atom. The summed E-state index contributed by atoms with van der Waals surface area (Å²) in [5, 5.41) is 12.9. The van der Waals surface area contributed by atoms with E-state index >= 15 is 0 Å². The van der Waals surface area contributed by atoms with Crippen molar-refractivity contribution in [2.75, 3.05) is 13.2 Å². The number of aliphatic hydroxyl groups excluding tert-OH is 1. The van der Waals surface area contributed by atoms with Crippen molar-refractivity contribution < 1.29 is 14.6 Å². The van der Waals surface area contributed by atoms with Gasteiger partial charge in [0.05, 0.1) is 0 Å². The van der Waals surface area contributed by atoms with E-state index in [1.807, 2.05) is 44.2 Å². The minimum Gasteiger partial charge on any atom is -0.490 e. The van der Waals surface area contributed by atoms with E-state index in [4.69, 9.17) is 4.74 Å². The number of rotatable bonds is 6. The number of benzene rings is 2. The van der Waals surface area contributed by atoms with Crippen molar-refractivity contribution >= 4 is 5.91 Å². The SMILES string of the molecule is Cc1cccc(C)c1OCC(O)CNC(=O)c1ccc2c(c1)CCCC2. The van der Waals surface area contributed by atoms with Crippen LogP contribution in [0.2, 0.25) is 0 Å². The summed E-state index contributed by atoms with van der Waals surface area (Å²) in [6.07, 6.45) is 3.81. The molecule has 0 saturated carbocycles. The Hall–Kier alpha value is -2.33. The van der Waals surface area contributed by atoms with Gasteiger partial charge in [-0.2, -0.15) is 0 Å². The number of hydrogen-bond donors (Lipinski definition) is 2. The standard InChI is InChI=1S/C22H27NO3/c1-15-6-5-7-16(2)21(15)26-14-20(24)13-23-22(25)19-11-10-17-8-3-4-9-18(17)12-19/h5-7,10-12,20,24H,3-4,8-9,13-14H2,1-2H3,(H,23,25). The molecule has 3 rings (SSSR count). The molecule has 138 valence electrons. The van der Waals surface area contributed by atoms with Crippen molar-refractivity contribution in [3.05, 3.63) is 64.2 Å². The van der Waals surface area contributed by atoms with Gasteiger partial charge in [-0.15, -0.1) is 0 Å². The summed E-state index contributed by atoms with van der Waals surface area (Å²) in [5.41, 5.74) is 5.37. The Labute approximate surface area is 155 Å². The van der Waals surface area contributed by atoms with Crippen LogP contribution in [0.1, 0.15) is 45.5 Å². The number of carbonyl (C=O) groups excluding carboxylic acids is 1. The highest BCUT2D eigenvalue weighted by Gasteiger charge is 2.14. The summed E-state index contributed by atoms with van der Waals surface area (Å²) in [5.74, 6) is 0.650. The second-order valence-corrected chi connectivity index (χ2v) is 7.09.